The normalized spacial score (nSPS) is 21.8. The topological polar surface area (TPSA) is 32.7 Å². The summed E-state index contributed by atoms with van der Waals surface area (Å²) in [7, 11) is 0. The number of hydrogen-bond acceptors (Lipinski definition) is 3. The van der Waals surface area contributed by atoms with Gasteiger partial charge in [0.05, 0.1) is 0 Å². The maximum Gasteiger partial charge on any atom is 0.157 e. The standard InChI is InChI=1S/C11H21NO2/c1-3-7-12-8-5-10(6-9-12)11(13)14-4-2/h3,7,10-11,13H,4-6,8-9H2,1-2H3/b7-3+/t11-/m1/s1. The van der Waals surface area contributed by atoms with Crippen LogP contribution in [0.25, 0.3) is 0 Å². The van der Waals surface area contributed by atoms with Crippen LogP contribution in [0.2, 0.25) is 0 Å². The van der Waals surface area contributed by atoms with E-state index >= 15 is 0 Å². The molecule has 1 aliphatic heterocycles. The number of nitrogens with zero attached hydrogens (tertiary/aromatic N) is 1. The number of aliphatic hydroxyl groups excluding tert-OH is 1. The van der Waals surface area contributed by atoms with Gasteiger partial charge in [-0.1, -0.05) is 6.08 Å². The molecule has 0 saturated carbocycles. The smallest absolute Gasteiger partial charge is 0.157 e. The summed E-state index contributed by atoms with van der Waals surface area (Å²) in [5, 5.41) is 9.63. The van der Waals surface area contributed by atoms with Gasteiger partial charge in [0.1, 0.15) is 0 Å². The van der Waals surface area contributed by atoms with Gasteiger partial charge in [0.2, 0.25) is 0 Å². The molecule has 1 rings (SSSR count). The van der Waals surface area contributed by atoms with Crippen LogP contribution in [0.5, 0.6) is 0 Å². The van der Waals surface area contributed by atoms with Crippen molar-refractivity contribution >= 4 is 0 Å². The molecule has 0 aromatic heterocycles. The minimum atomic E-state index is -0.562. The van der Waals surface area contributed by atoms with Gasteiger partial charge in [-0.2, -0.15) is 0 Å². The van der Waals surface area contributed by atoms with E-state index in [-0.39, 0.29) is 0 Å². The van der Waals surface area contributed by atoms with Gasteiger partial charge in [-0.3, -0.25) is 0 Å². The van der Waals surface area contributed by atoms with E-state index in [0.717, 1.165) is 25.9 Å². The Labute approximate surface area is 86.4 Å². The second-order valence-corrected chi connectivity index (χ2v) is 3.70. The zero-order valence-electron chi connectivity index (χ0n) is 9.15. The van der Waals surface area contributed by atoms with Gasteiger partial charge in [-0.05, 0) is 32.9 Å². The summed E-state index contributed by atoms with van der Waals surface area (Å²) in [4.78, 5) is 2.29. The van der Waals surface area contributed by atoms with E-state index in [0.29, 0.717) is 12.5 Å². The van der Waals surface area contributed by atoms with Crippen LogP contribution in [-0.2, 0) is 4.74 Å². The number of hydrogen-bond donors (Lipinski definition) is 1. The summed E-state index contributed by atoms with van der Waals surface area (Å²) in [6.45, 7) is 6.59. The molecule has 0 aromatic rings. The maximum atomic E-state index is 9.63. The second kappa shape index (κ2) is 6.04. The largest absolute Gasteiger partial charge is 0.378 e. The molecule has 0 bridgehead atoms. The van der Waals surface area contributed by atoms with Crippen molar-refractivity contribution < 1.29 is 9.84 Å². The Hall–Kier alpha value is -0.540. The quantitative estimate of drug-likeness (QED) is 0.698. The van der Waals surface area contributed by atoms with Crippen molar-refractivity contribution in [3.63, 3.8) is 0 Å². The minimum absolute atomic E-state index is 0.316. The van der Waals surface area contributed by atoms with Gasteiger partial charge in [0.15, 0.2) is 6.29 Å². The number of likely N-dealkylation sites (tertiary alicyclic amines) is 1. The fraction of sp³-hybridized carbons (Fsp3) is 0.818. The highest BCUT2D eigenvalue weighted by Gasteiger charge is 2.23. The van der Waals surface area contributed by atoms with Gasteiger partial charge < -0.3 is 14.7 Å². The summed E-state index contributed by atoms with van der Waals surface area (Å²) >= 11 is 0. The lowest BCUT2D eigenvalue weighted by atomic mass is 9.96. The Morgan fingerprint density at radius 1 is 1.50 bits per heavy atom. The summed E-state index contributed by atoms with van der Waals surface area (Å²) in [6, 6.07) is 0. The summed E-state index contributed by atoms with van der Waals surface area (Å²) in [5.74, 6) is 0.316. The first kappa shape index (κ1) is 11.5. The third-order valence-corrected chi connectivity index (χ3v) is 2.67. The highest BCUT2D eigenvalue weighted by Crippen LogP contribution is 2.21. The second-order valence-electron chi connectivity index (χ2n) is 3.70. The lowest BCUT2D eigenvalue weighted by molar-refractivity contribution is -0.139. The lowest BCUT2D eigenvalue weighted by Gasteiger charge is -2.33. The molecular formula is C11H21NO2. The van der Waals surface area contributed by atoms with Crippen LogP contribution >= 0.6 is 0 Å². The van der Waals surface area contributed by atoms with Crippen molar-refractivity contribution in [3.05, 3.63) is 12.3 Å². The predicted molar refractivity (Wildman–Crippen MR) is 56.7 cm³/mol. The van der Waals surface area contributed by atoms with Crippen molar-refractivity contribution in [1.29, 1.82) is 0 Å². The lowest BCUT2D eigenvalue weighted by Crippen LogP contribution is -2.36. The highest BCUT2D eigenvalue weighted by atomic mass is 16.6. The average Bonchev–Trinajstić information content (AvgIpc) is 2.20. The Balaban J connectivity index is 2.27. The molecule has 0 amide bonds. The molecule has 0 radical (unpaired) electrons. The fourth-order valence-corrected chi connectivity index (χ4v) is 1.87. The number of ether oxygens (including phenoxy) is 1. The van der Waals surface area contributed by atoms with Gasteiger partial charge in [-0.15, -0.1) is 0 Å². The molecule has 3 heteroatoms. The molecular weight excluding hydrogens is 178 g/mol. The van der Waals surface area contributed by atoms with Gasteiger partial charge in [0, 0.05) is 25.6 Å². The Morgan fingerprint density at radius 3 is 2.64 bits per heavy atom. The number of allylic oxidation sites excluding steroid dienone is 1. The highest BCUT2D eigenvalue weighted by molar-refractivity contribution is 4.83. The van der Waals surface area contributed by atoms with E-state index in [1.54, 1.807) is 0 Å². The van der Waals surface area contributed by atoms with E-state index in [1.165, 1.54) is 0 Å². The molecule has 82 valence electrons. The van der Waals surface area contributed by atoms with Crippen molar-refractivity contribution in [2.75, 3.05) is 19.7 Å². The first-order chi connectivity index (χ1) is 6.77. The van der Waals surface area contributed by atoms with E-state index in [9.17, 15) is 5.11 Å². The first-order valence-electron chi connectivity index (χ1n) is 5.44. The summed E-state index contributed by atoms with van der Waals surface area (Å²) in [6.07, 6.45) is 5.65. The third-order valence-electron chi connectivity index (χ3n) is 2.67. The van der Waals surface area contributed by atoms with E-state index in [2.05, 4.69) is 17.2 Å². The van der Waals surface area contributed by atoms with Crippen molar-refractivity contribution in [2.24, 2.45) is 5.92 Å². The zero-order chi connectivity index (χ0) is 10.4. The van der Waals surface area contributed by atoms with Gasteiger partial charge >= 0.3 is 0 Å². The SMILES string of the molecule is C/C=C/N1CCC([C@H](O)OCC)CC1. The Bertz CT molecular complexity index is 174. The molecule has 1 heterocycles. The number of piperidine rings is 1. The summed E-state index contributed by atoms with van der Waals surface area (Å²) in [5.41, 5.74) is 0. The molecule has 1 aliphatic rings. The average molecular weight is 199 g/mol. The third kappa shape index (κ3) is 3.31. The van der Waals surface area contributed by atoms with Crippen LogP contribution in [-0.4, -0.2) is 36.0 Å². The van der Waals surface area contributed by atoms with E-state index < -0.39 is 6.29 Å². The first-order valence-corrected chi connectivity index (χ1v) is 5.44. The van der Waals surface area contributed by atoms with Crippen LogP contribution in [0.15, 0.2) is 12.3 Å². The van der Waals surface area contributed by atoms with E-state index in [4.69, 9.17) is 4.74 Å². The molecule has 0 spiro atoms. The predicted octanol–water partition coefficient (Wildman–Crippen LogP) is 1.59. The van der Waals surface area contributed by atoms with Crippen LogP contribution in [0.4, 0.5) is 0 Å². The molecule has 14 heavy (non-hydrogen) atoms. The zero-order valence-corrected chi connectivity index (χ0v) is 9.15. The van der Waals surface area contributed by atoms with Crippen molar-refractivity contribution in [1.82, 2.24) is 4.90 Å². The van der Waals surface area contributed by atoms with E-state index in [1.807, 2.05) is 13.8 Å². The minimum Gasteiger partial charge on any atom is -0.378 e. The fourth-order valence-electron chi connectivity index (χ4n) is 1.87. The van der Waals surface area contributed by atoms with Gasteiger partial charge in [0.25, 0.3) is 0 Å². The molecule has 0 unspecified atom stereocenters. The molecule has 1 saturated heterocycles. The van der Waals surface area contributed by atoms with Gasteiger partial charge in [-0.25, -0.2) is 0 Å². The number of aliphatic hydroxyl groups is 1. The van der Waals surface area contributed by atoms with Crippen LogP contribution in [0.3, 0.4) is 0 Å². The Morgan fingerprint density at radius 2 is 2.14 bits per heavy atom. The monoisotopic (exact) mass is 199 g/mol. The molecule has 0 aliphatic carbocycles. The van der Waals surface area contributed by atoms with Crippen LogP contribution in [0, 0.1) is 5.92 Å². The molecule has 0 aromatic carbocycles. The van der Waals surface area contributed by atoms with Crippen LogP contribution in [0.1, 0.15) is 26.7 Å². The molecule has 1 atom stereocenters. The van der Waals surface area contributed by atoms with Crippen LogP contribution < -0.4 is 0 Å². The van der Waals surface area contributed by atoms with Crippen molar-refractivity contribution in [3.8, 4) is 0 Å². The Kier molecular flexibility index (Phi) is 4.98. The maximum absolute atomic E-state index is 9.63. The summed E-state index contributed by atoms with van der Waals surface area (Å²) < 4.78 is 5.20. The molecule has 1 fully saturated rings. The number of rotatable bonds is 4. The molecule has 1 N–H and O–H groups in total. The molecule has 3 nitrogen and oxygen atoms in total. The van der Waals surface area contributed by atoms with Crippen molar-refractivity contribution in [2.45, 2.75) is 33.0 Å².